The van der Waals surface area contributed by atoms with Crippen LogP contribution in [0.2, 0.25) is 0 Å². The fourth-order valence-electron chi connectivity index (χ4n) is 2.43. The van der Waals surface area contributed by atoms with Crippen LogP contribution in [0, 0.1) is 6.92 Å². The highest BCUT2D eigenvalue weighted by atomic mass is 16.4. The van der Waals surface area contributed by atoms with E-state index in [1.165, 1.54) is 0 Å². The predicted molar refractivity (Wildman–Crippen MR) is 94.5 cm³/mol. The van der Waals surface area contributed by atoms with Crippen molar-refractivity contribution >= 4 is 17.7 Å². The van der Waals surface area contributed by atoms with Gasteiger partial charge in [-0.3, -0.25) is 9.59 Å². The summed E-state index contributed by atoms with van der Waals surface area (Å²) < 4.78 is 0. The molecule has 0 unspecified atom stereocenters. The number of hydrogen-bond acceptors (Lipinski definition) is 3. The van der Waals surface area contributed by atoms with Gasteiger partial charge in [-0.2, -0.15) is 0 Å². The van der Waals surface area contributed by atoms with E-state index in [1.807, 2.05) is 49.4 Å². The van der Waals surface area contributed by atoms with Gasteiger partial charge in [-0.1, -0.05) is 60.2 Å². The van der Waals surface area contributed by atoms with E-state index in [-0.39, 0.29) is 25.0 Å². The molecule has 0 aliphatic rings. The van der Waals surface area contributed by atoms with Crippen molar-refractivity contribution in [2.45, 2.75) is 32.2 Å². The van der Waals surface area contributed by atoms with E-state index in [9.17, 15) is 19.5 Å². The second kappa shape index (κ2) is 8.78. The number of aryl methyl sites for hydroxylation is 1. The number of carbonyl (C=O) groups is 3. The Morgan fingerprint density at radius 2 is 1.60 bits per heavy atom. The fraction of sp³-hybridized carbons (Fsp3) is 0.250. The number of Topliss-reactive ketones (excluding diaryl/α,β-unsaturated/α-hetero) is 1. The lowest BCUT2D eigenvalue weighted by Crippen LogP contribution is -2.42. The Morgan fingerprint density at radius 1 is 0.960 bits per heavy atom. The summed E-state index contributed by atoms with van der Waals surface area (Å²) in [7, 11) is 0. The first kappa shape index (κ1) is 18.4. The molecular formula is C20H21NO4. The van der Waals surface area contributed by atoms with Crippen molar-refractivity contribution < 1.29 is 19.5 Å². The quantitative estimate of drug-likeness (QED) is 0.725. The zero-order valence-electron chi connectivity index (χ0n) is 14.1. The van der Waals surface area contributed by atoms with Gasteiger partial charge in [0.25, 0.3) is 0 Å². The molecule has 0 aromatic heterocycles. The van der Waals surface area contributed by atoms with Crippen molar-refractivity contribution in [2.24, 2.45) is 0 Å². The summed E-state index contributed by atoms with van der Waals surface area (Å²) in [6.45, 7) is 1.93. The zero-order chi connectivity index (χ0) is 18.2. The summed E-state index contributed by atoms with van der Waals surface area (Å²) in [6, 6.07) is 15.2. The number of carbonyl (C=O) groups excluding carboxylic acids is 2. The molecule has 0 aliphatic carbocycles. The molecule has 5 heteroatoms. The number of ketones is 1. The molecule has 2 N–H and O–H groups in total. The molecule has 0 saturated heterocycles. The van der Waals surface area contributed by atoms with E-state index in [1.54, 1.807) is 12.1 Å². The van der Waals surface area contributed by atoms with E-state index < -0.39 is 17.9 Å². The Kier molecular flexibility index (Phi) is 6.46. The highest BCUT2D eigenvalue weighted by molar-refractivity contribution is 5.98. The molecular weight excluding hydrogens is 318 g/mol. The molecule has 0 saturated carbocycles. The lowest BCUT2D eigenvalue weighted by Gasteiger charge is -2.14. The lowest BCUT2D eigenvalue weighted by atomic mass is 10.0. The van der Waals surface area contributed by atoms with E-state index >= 15 is 0 Å². The van der Waals surface area contributed by atoms with Crippen LogP contribution < -0.4 is 5.32 Å². The average molecular weight is 339 g/mol. The number of nitrogens with one attached hydrogen (secondary N) is 1. The number of hydrogen-bond donors (Lipinski definition) is 2. The molecule has 0 fully saturated rings. The van der Waals surface area contributed by atoms with Gasteiger partial charge in [-0.05, 0) is 12.5 Å². The molecule has 0 radical (unpaired) electrons. The SMILES string of the molecule is Cc1ccc(C(=O)CCC(=O)N[C@@H](Cc2ccccc2)C(=O)O)cc1. The third kappa shape index (κ3) is 5.88. The number of carboxylic acids is 1. The largest absolute Gasteiger partial charge is 0.480 e. The third-order valence-corrected chi connectivity index (χ3v) is 3.87. The normalized spacial score (nSPS) is 11.6. The third-order valence-electron chi connectivity index (χ3n) is 3.87. The molecule has 2 aromatic rings. The smallest absolute Gasteiger partial charge is 0.326 e. The van der Waals surface area contributed by atoms with Crippen LogP contribution >= 0.6 is 0 Å². The molecule has 0 spiro atoms. The standard InChI is InChI=1S/C20H21NO4/c1-14-7-9-16(10-8-14)18(22)11-12-19(23)21-17(20(24)25)13-15-5-3-2-4-6-15/h2-10,17H,11-13H2,1H3,(H,21,23)(H,24,25)/t17-/m0/s1. The summed E-state index contributed by atoms with van der Waals surface area (Å²) in [4.78, 5) is 35.4. The minimum atomic E-state index is -1.10. The van der Waals surface area contributed by atoms with Gasteiger partial charge in [0.05, 0.1) is 0 Å². The Labute approximate surface area is 146 Å². The Bertz CT molecular complexity index is 738. The molecule has 5 nitrogen and oxygen atoms in total. The van der Waals surface area contributed by atoms with Crippen molar-refractivity contribution in [3.05, 3.63) is 71.3 Å². The second-order valence-corrected chi connectivity index (χ2v) is 5.94. The van der Waals surface area contributed by atoms with Crippen molar-refractivity contribution in [3.8, 4) is 0 Å². The van der Waals surface area contributed by atoms with Crippen molar-refractivity contribution in [1.29, 1.82) is 0 Å². The van der Waals surface area contributed by atoms with E-state index in [4.69, 9.17) is 0 Å². The van der Waals surface area contributed by atoms with Crippen LogP contribution in [0.5, 0.6) is 0 Å². The molecule has 0 bridgehead atoms. The van der Waals surface area contributed by atoms with Gasteiger partial charge in [-0.25, -0.2) is 4.79 Å². The van der Waals surface area contributed by atoms with E-state index in [2.05, 4.69) is 5.32 Å². The van der Waals surface area contributed by atoms with Gasteiger partial charge in [0.1, 0.15) is 6.04 Å². The second-order valence-electron chi connectivity index (χ2n) is 5.94. The van der Waals surface area contributed by atoms with Gasteiger partial charge in [0.15, 0.2) is 5.78 Å². The molecule has 2 rings (SSSR count). The highest BCUT2D eigenvalue weighted by Gasteiger charge is 2.20. The number of amides is 1. The maximum Gasteiger partial charge on any atom is 0.326 e. The first-order chi connectivity index (χ1) is 12.0. The summed E-state index contributed by atoms with van der Waals surface area (Å²) in [5.41, 5.74) is 2.43. The van der Waals surface area contributed by atoms with Crippen LogP contribution in [0.1, 0.15) is 34.3 Å². The first-order valence-electron chi connectivity index (χ1n) is 8.11. The molecule has 130 valence electrons. The summed E-state index contributed by atoms with van der Waals surface area (Å²) in [6.07, 6.45) is 0.214. The number of carboxylic acid groups (broad SMARTS) is 1. The summed E-state index contributed by atoms with van der Waals surface area (Å²) >= 11 is 0. The minimum Gasteiger partial charge on any atom is -0.480 e. The van der Waals surface area contributed by atoms with Gasteiger partial charge in [-0.15, -0.1) is 0 Å². The number of rotatable bonds is 8. The van der Waals surface area contributed by atoms with Gasteiger partial charge >= 0.3 is 5.97 Å². The predicted octanol–water partition coefficient (Wildman–Crippen LogP) is 2.77. The topological polar surface area (TPSA) is 83.5 Å². The Balaban J connectivity index is 1.87. The first-order valence-corrected chi connectivity index (χ1v) is 8.11. The summed E-state index contributed by atoms with van der Waals surface area (Å²) in [5, 5.41) is 11.8. The molecule has 1 amide bonds. The number of benzene rings is 2. The monoisotopic (exact) mass is 339 g/mol. The molecule has 25 heavy (non-hydrogen) atoms. The summed E-state index contributed by atoms with van der Waals surface area (Å²) in [5.74, 6) is -1.67. The number of aliphatic carboxylic acids is 1. The maximum absolute atomic E-state index is 12.1. The zero-order valence-corrected chi connectivity index (χ0v) is 14.1. The van der Waals surface area contributed by atoms with Gasteiger partial charge in [0, 0.05) is 24.8 Å². The van der Waals surface area contributed by atoms with Crippen LogP contribution in [-0.4, -0.2) is 28.8 Å². The minimum absolute atomic E-state index is 0.0364. The van der Waals surface area contributed by atoms with Crippen molar-refractivity contribution in [2.75, 3.05) is 0 Å². The average Bonchev–Trinajstić information content (AvgIpc) is 2.60. The van der Waals surface area contributed by atoms with Crippen LogP contribution in [0.3, 0.4) is 0 Å². The maximum atomic E-state index is 12.1. The van der Waals surface area contributed by atoms with Crippen LogP contribution in [0.25, 0.3) is 0 Å². The molecule has 0 aliphatic heterocycles. The Morgan fingerprint density at radius 3 is 2.20 bits per heavy atom. The van der Waals surface area contributed by atoms with Crippen LogP contribution in [0.4, 0.5) is 0 Å². The molecule has 1 atom stereocenters. The van der Waals surface area contributed by atoms with E-state index in [0.29, 0.717) is 5.56 Å². The lowest BCUT2D eigenvalue weighted by molar-refractivity contribution is -0.141. The van der Waals surface area contributed by atoms with Gasteiger partial charge < -0.3 is 10.4 Å². The highest BCUT2D eigenvalue weighted by Crippen LogP contribution is 2.08. The van der Waals surface area contributed by atoms with Crippen LogP contribution in [-0.2, 0) is 16.0 Å². The molecule has 0 heterocycles. The Hall–Kier alpha value is -2.95. The van der Waals surface area contributed by atoms with E-state index in [0.717, 1.165) is 11.1 Å². The van der Waals surface area contributed by atoms with Crippen molar-refractivity contribution in [1.82, 2.24) is 5.32 Å². The van der Waals surface area contributed by atoms with Crippen LogP contribution in [0.15, 0.2) is 54.6 Å². The molecule has 2 aromatic carbocycles. The van der Waals surface area contributed by atoms with Gasteiger partial charge in [0.2, 0.25) is 5.91 Å². The van der Waals surface area contributed by atoms with Crippen molar-refractivity contribution in [3.63, 3.8) is 0 Å². The fourth-order valence-corrected chi connectivity index (χ4v) is 2.43.